The molecule has 0 heterocycles. The lowest BCUT2D eigenvalue weighted by atomic mass is 10.2. The van der Waals surface area contributed by atoms with Crippen LogP contribution in [0.4, 0.5) is 0 Å². The van der Waals surface area contributed by atoms with Crippen molar-refractivity contribution in [3.8, 4) is 0 Å². The SMILES string of the molecule is CCS(=O)(=O)N(C)CCCNC(=O)CNC(=O)c1ccc(Cl)cc1Cl. The third-order valence-electron chi connectivity index (χ3n) is 3.40. The van der Waals surface area contributed by atoms with Crippen molar-refractivity contribution >= 4 is 45.0 Å². The minimum atomic E-state index is -3.22. The molecule has 0 bridgehead atoms. The highest BCUT2D eigenvalue weighted by Crippen LogP contribution is 2.20. The summed E-state index contributed by atoms with van der Waals surface area (Å²) < 4.78 is 24.4. The van der Waals surface area contributed by atoms with Crippen LogP contribution in [0.5, 0.6) is 0 Å². The van der Waals surface area contributed by atoms with E-state index in [9.17, 15) is 18.0 Å². The Hall–Kier alpha value is -1.35. The Kier molecular flexibility index (Phi) is 8.64. The van der Waals surface area contributed by atoms with Gasteiger partial charge in [-0.25, -0.2) is 12.7 Å². The van der Waals surface area contributed by atoms with Crippen LogP contribution in [0.1, 0.15) is 23.7 Å². The summed E-state index contributed by atoms with van der Waals surface area (Å²) in [5.41, 5.74) is 0.227. The van der Waals surface area contributed by atoms with Crippen LogP contribution in [-0.4, -0.2) is 57.0 Å². The van der Waals surface area contributed by atoms with Crippen LogP contribution < -0.4 is 10.6 Å². The molecule has 2 amide bonds. The van der Waals surface area contributed by atoms with Crippen LogP contribution in [0.3, 0.4) is 0 Å². The summed E-state index contributed by atoms with van der Waals surface area (Å²) >= 11 is 11.7. The number of sulfonamides is 1. The quantitative estimate of drug-likeness (QED) is 0.604. The zero-order valence-corrected chi connectivity index (χ0v) is 16.3. The van der Waals surface area contributed by atoms with Gasteiger partial charge in [0.2, 0.25) is 15.9 Å². The molecule has 0 unspecified atom stereocenters. The first-order valence-corrected chi connectivity index (χ1v) is 9.98. The minimum absolute atomic E-state index is 0.0369. The lowest BCUT2D eigenvalue weighted by molar-refractivity contribution is -0.120. The summed E-state index contributed by atoms with van der Waals surface area (Å²) in [5.74, 6) is -0.820. The predicted octanol–water partition coefficient (Wildman–Crippen LogP) is 1.51. The number of hydrogen-bond donors (Lipinski definition) is 2. The summed E-state index contributed by atoms with van der Waals surface area (Å²) in [6, 6.07) is 4.45. The van der Waals surface area contributed by atoms with Crippen molar-refractivity contribution < 1.29 is 18.0 Å². The molecule has 0 saturated heterocycles. The van der Waals surface area contributed by atoms with Crippen LogP contribution in [-0.2, 0) is 14.8 Å². The fraction of sp³-hybridized carbons (Fsp3) is 0.467. The van der Waals surface area contributed by atoms with Gasteiger partial charge < -0.3 is 10.6 Å². The minimum Gasteiger partial charge on any atom is -0.355 e. The number of hydrogen-bond acceptors (Lipinski definition) is 4. The van der Waals surface area contributed by atoms with Gasteiger partial charge in [0.25, 0.3) is 5.91 Å². The third kappa shape index (κ3) is 7.19. The fourth-order valence-electron chi connectivity index (χ4n) is 1.88. The maximum Gasteiger partial charge on any atom is 0.253 e. The second-order valence-electron chi connectivity index (χ2n) is 5.23. The first kappa shape index (κ1) is 21.7. The standard InChI is InChI=1S/C15H21Cl2N3O4S/c1-3-25(23,24)20(2)8-4-7-18-14(21)10-19-15(22)12-6-5-11(16)9-13(12)17/h5-6,9H,3-4,7-8,10H2,1-2H3,(H,18,21)(H,19,22). The maximum absolute atomic E-state index is 12.0. The molecule has 0 fully saturated rings. The molecule has 0 radical (unpaired) electrons. The van der Waals surface area contributed by atoms with E-state index in [1.165, 1.54) is 29.6 Å². The van der Waals surface area contributed by atoms with Gasteiger partial charge in [0.15, 0.2) is 0 Å². The molecule has 0 aliphatic heterocycles. The Balaban J connectivity index is 2.32. The number of nitrogens with one attached hydrogen (secondary N) is 2. The number of halogens is 2. The Morgan fingerprint density at radius 1 is 1.20 bits per heavy atom. The summed E-state index contributed by atoms with van der Waals surface area (Å²) in [6.07, 6.45) is 0.471. The molecule has 7 nitrogen and oxygen atoms in total. The van der Waals surface area contributed by atoms with E-state index in [-0.39, 0.29) is 28.8 Å². The van der Waals surface area contributed by atoms with E-state index >= 15 is 0 Å². The number of carbonyl (C=O) groups is 2. The van der Waals surface area contributed by atoms with Crippen molar-refractivity contribution in [2.24, 2.45) is 0 Å². The molecule has 0 aliphatic rings. The molecule has 0 spiro atoms. The summed E-state index contributed by atoms with van der Waals surface area (Å²) in [7, 11) is -1.72. The molecule has 0 aromatic heterocycles. The number of amides is 2. The van der Waals surface area contributed by atoms with Crippen LogP contribution >= 0.6 is 23.2 Å². The third-order valence-corrected chi connectivity index (χ3v) is 5.81. The average molecular weight is 410 g/mol. The van der Waals surface area contributed by atoms with Crippen molar-refractivity contribution in [2.75, 3.05) is 32.4 Å². The Morgan fingerprint density at radius 3 is 2.48 bits per heavy atom. The van der Waals surface area contributed by atoms with Gasteiger partial charge in [-0.05, 0) is 31.5 Å². The van der Waals surface area contributed by atoms with Gasteiger partial charge in [-0.15, -0.1) is 0 Å². The van der Waals surface area contributed by atoms with Gasteiger partial charge in [-0.3, -0.25) is 9.59 Å². The highest BCUT2D eigenvalue weighted by Gasteiger charge is 2.14. The Labute approximate surface area is 157 Å². The van der Waals surface area contributed by atoms with E-state index < -0.39 is 15.9 Å². The van der Waals surface area contributed by atoms with Gasteiger partial charge in [-0.2, -0.15) is 0 Å². The summed E-state index contributed by atoms with van der Waals surface area (Å²) in [6.45, 7) is 1.98. The molecule has 2 N–H and O–H groups in total. The van der Waals surface area contributed by atoms with Crippen molar-refractivity contribution in [3.63, 3.8) is 0 Å². The molecule has 140 valence electrons. The topological polar surface area (TPSA) is 95.6 Å². The zero-order valence-electron chi connectivity index (χ0n) is 14.0. The largest absolute Gasteiger partial charge is 0.355 e. The van der Waals surface area contributed by atoms with Crippen molar-refractivity contribution in [1.29, 1.82) is 0 Å². The average Bonchev–Trinajstić information content (AvgIpc) is 2.56. The molecular weight excluding hydrogens is 389 g/mol. The normalized spacial score (nSPS) is 11.4. The molecular formula is C15H21Cl2N3O4S. The second kappa shape index (κ2) is 9.96. The highest BCUT2D eigenvalue weighted by molar-refractivity contribution is 7.89. The number of rotatable bonds is 9. The van der Waals surface area contributed by atoms with Crippen LogP contribution in [0.15, 0.2) is 18.2 Å². The number of carbonyl (C=O) groups excluding carboxylic acids is 2. The van der Waals surface area contributed by atoms with Crippen LogP contribution in [0.25, 0.3) is 0 Å². The predicted molar refractivity (Wildman–Crippen MR) is 98.5 cm³/mol. The Morgan fingerprint density at radius 2 is 1.88 bits per heavy atom. The first-order chi connectivity index (χ1) is 11.7. The Bertz CT molecular complexity index is 725. The lowest BCUT2D eigenvalue weighted by Crippen LogP contribution is -2.38. The molecule has 0 saturated carbocycles. The number of benzene rings is 1. The van der Waals surface area contributed by atoms with Crippen LogP contribution in [0.2, 0.25) is 10.0 Å². The van der Waals surface area contributed by atoms with E-state index in [0.717, 1.165) is 0 Å². The lowest BCUT2D eigenvalue weighted by Gasteiger charge is -2.15. The number of nitrogens with zero attached hydrogens (tertiary/aromatic N) is 1. The van der Waals surface area contributed by atoms with Crippen molar-refractivity contribution in [2.45, 2.75) is 13.3 Å². The van der Waals surface area contributed by atoms with Gasteiger partial charge in [0.1, 0.15) is 0 Å². The van der Waals surface area contributed by atoms with E-state index in [4.69, 9.17) is 23.2 Å². The smallest absolute Gasteiger partial charge is 0.253 e. The highest BCUT2D eigenvalue weighted by atomic mass is 35.5. The van der Waals surface area contributed by atoms with Gasteiger partial charge >= 0.3 is 0 Å². The molecule has 1 rings (SSSR count). The van der Waals surface area contributed by atoms with E-state index in [0.29, 0.717) is 24.5 Å². The molecule has 1 aromatic rings. The fourth-order valence-corrected chi connectivity index (χ4v) is 3.22. The first-order valence-electron chi connectivity index (χ1n) is 7.61. The van der Waals surface area contributed by atoms with Gasteiger partial charge in [0, 0.05) is 25.2 Å². The van der Waals surface area contributed by atoms with Gasteiger partial charge in [0.05, 0.1) is 22.9 Å². The van der Waals surface area contributed by atoms with E-state index in [2.05, 4.69) is 10.6 Å². The molecule has 25 heavy (non-hydrogen) atoms. The maximum atomic E-state index is 12.0. The monoisotopic (exact) mass is 409 g/mol. The van der Waals surface area contributed by atoms with E-state index in [1.54, 1.807) is 6.92 Å². The van der Waals surface area contributed by atoms with Gasteiger partial charge in [-0.1, -0.05) is 23.2 Å². The second-order valence-corrected chi connectivity index (χ2v) is 8.44. The van der Waals surface area contributed by atoms with Crippen molar-refractivity contribution in [3.05, 3.63) is 33.8 Å². The molecule has 0 atom stereocenters. The van der Waals surface area contributed by atoms with Crippen LogP contribution in [0, 0.1) is 0 Å². The molecule has 1 aromatic carbocycles. The summed E-state index contributed by atoms with van der Waals surface area (Å²) in [5, 5.41) is 5.68. The van der Waals surface area contributed by atoms with Crippen molar-refractivity contribution in [1.82, 2.24) is 14.9 Å². The molecule has 10 heteroatoms. The summed E-state index contributed by atoms with van der Waals surface area (Å²) in [4.78, 5) is 23.7. The van der Waals surface area contributed by atoms with E-state index in [1.807, 2.05) is 0 Å². The molecule has 0 aliphatic carbocycles. The zero-order chi connectivity index (χ0) is 19.0.